The topological polar surface area (TPSA) is 52.9 Å². The minimum atomic E-state index is -4.60. The molecule has 2 aromatic carbocycles. The van der Waals surface area contributed by atoms with Crippen LogP contribution in [0.2, 0.25) is 0 Å². The van der Waals surface area contributed by atoms with E-state index >= 15 is 0 Å². The predicted molar refractivity (Wildman–Crippen MR) is 84.8 cm³/mol. The normalized spacial score (nSPS) is 11.7. The molecule has 0 fully saturated rings. The molecular weight excluding hydrogens is 317 g/mol. The summed E-state index contributed by atoms with van der Waals surface area (Å²) in [6.45, 7) is 1.89. The first-order valence-corrected chi connectivity index (χ1v) is 6.97. The smallest absolute Gasteiger partial charge is 0.321 e. The molecule has 0 spiro atoms. The maximum atomic E-state index is 12.9. The van der Waals surface area contributed by atoms with E-state index in [1.807, 2.05) is 6.92 Å². The SMILES string of the molecule is Cc1ccc(/C=C(\C#N)C(=O)Nc2ccccc2C(F)(F)F)cc1. The number of carbonyl (C=O) groups is 1. The molecule has 0 saturated carbocycles. The van der Waals surface area contributed by atoms with Crippen LogP contribution in [0.25, 0.3) is 6.08 Å². The molecule has 0 unspecified atom stereocenters. The van der Waals surface area contributed by atoms with Crippen molar-refractivity contribution in [2.75, 3.05) is 5.32 Å². The van der Waals surface area contributed by atoms with Crippen molar-refractivity contribution in [3.05, 3.63) is 70.8 Å². The summed E-state index contributed by atoms with van der Waals surface area (Å²) in [5.74, 6) is -0.894. The van der Waals surface area contributed by atoms with Gasteiger partial charge in [-0.15, -0.1) is 0 Å². The number of hydrogen-bond acceptors (Lipinski definition) is 2. The summed E-state index contributed by atoms with van der Waals surface area (Å²) in [6, 6.07) is 13.4. The van der Waals surface area contributed by atoms with Gasteiger partial charge in [0.2, 0.25) is 0 Å². The third-order valence-electron chi connectivity index (χ3n) is 3.23. The highest BCUT2D eigenvalue weighted by Crippen LogP contribution is 2.34. The van der Waals surface area contributed by atoms with E-state index in [1.165, 1.54) is 18.2 Å². The van der Waals surface area contributed by atoms with Gasteiger partial charge in [0.15, 0.2) is 0 Å². The predicted octanol–water partition coefficient (Wildman–Crippen LogP) is 4.56. The van der Waals surface area contributed by atoms with Gasteiger partial charge in [0.25, 0.3) is 5.91 Å². The monoisotopic (exact) mass is 330 g/mol. The van der Waals surface area contributed by atoms with Crippen LogP contribution in [0.1, 0.15) is 16.7 Å². The minimum absolute atomic E-state index is 0.282. The van der Waals surface area contributed by atoms with Gasteiger partial charge < -0.3 is 5.32 Å². The van der Waals surface area contributed by atoms with E-state index in [2.05, 4.69) is 5.32 Å². The maximum Gasteiger partial charge on any atom is 0.418 e. The summed E-state index contributed by atoms with van der Waals surface area (Å²) in [5, 5.41) is 11.3. The third kappa shape index (κ3) is 4.23. The van der Waals surface area contributed by atoms with E-state index in [0.717, 1.165) is 17.7 Å². The van der Waals surface area contributed by atoms with Crippen LogP contribution in [-0.2, 0) is 11.0 Å². The van der Waals surface area contributed by atoms with Crippen molar-refractivity contribution in [3.63, 3.8) is 0 Å². The fourth-order valence-corrected chi connectivity index (χ4v) is 2.01. The van der Waals surface area contributed by atoms with Crippen molar-refractivity contribution >= 4 is 17.7 Å². The Hall–Kier alpha value is -3.07. The second-order valence-electron chi connectivity index (χ2n) is 5.08. The summed E-state index contributed by atoms with van der Waals surface area (Å²) in [7, 11) is 0. The largest absolute Gasteiger partial charge is 0.418 e. The van der Waals surface area contributed by atoms with Crippen molar-refractivity contribution in [2.45, 2.75) is 13.1 Å². The van der Waals surface area contributed by atoms with E-state index in [0.29, 0.717) is 5.56 Å². The van der Waals surface area contributed by atoms with E-state index in [-0.39, 0.29) is 11.3 Å². The lowest BCUT2D eigenvalue weighted by atomic mass is 10.1. The van der Waals surface area contributed by atoms with Gasteiger partial charge in [-0.25, -0.2) is 0 Å². The number of alkyl halides is 3. The zero-order valence-electron chi connectivity index (χ0n) is 12.7. The van der Waals surface area contributed by atoms with Gasteiger partial charge in [-0.05, 0) is 30.7 Å². The molecular formula is C18H13F3N2O. The molecule has 122 valence electrons. The fourth-order valence-electron chi connectivity index (χ4n) is 2.01. The van der Waals surface area contributed by atoms with Crippen LogP contribution in [0.5, 0.6) is 0 Å². The molecule has 0 aliphatic carbocycles. The van der Waals surface area contributed by atoms with Crippen molar-refractivity contribution < 1.29 is 18.0 Å². The molecule has 2 rings (SSSR count). The molecule has 1 amide bonds. The van der Waals surface area contributed by atoms with Gasteiger partial charge in [-0.3, -0.25) is 4.79 Å². The number of carbonyl (C=O) groups excluding carboxylic acids is 1. The molecule has 6 heteroatoms. The van der Waals surface area contributed by atoms with Gasteiger partial charge in [0, 0.05) is 0 Å². The van der Waals surface area contributed by atoms with Crippen molar-refractivity contribution in [3.8, 4) is 6.07 Å². The molecule has 0 heterocycles. The van der Waals surface area contributed by atoms with Crippen LogP contribution in [-0.4, -0.2) is 5.91 Å². The van der Waals surface area contributed by atoms with Gasteiger partial charge >= 0.3 is 6.18 Å². The highest BCUT2D eigenvalue weighted by atomic mass is 19.4. The molecule has 0 saturated heterocycles. The Morgan fingerprint density at radius 2 is 1.75 bits per heavy atom. The number of hydrogen-bond donors (Lipinski definition) is 1. The third-order valence-corrected chi connectivity index (χ3v) is 3.23. The Balaban J connectivity index is 2.28. The van der Waals surface area contributed by atoms with Crippen LogP contribution in [0.3, 0.4) is 0 Å². The average molecular weight is 330 g/mol. The number of halogens is 3. The highest BCUT2D eigenvalue weighted by molar-refractivity contribution is 6.10. The first-order chi connectivity index (χ1) is 11.3. The molecule has 0 radical (unpaired) electrons. The van der Waals surface area contributed by atoms with Gasteiger partial charge in [0.1, 0.15) is 11.6 Å². The fraction of sp³-hybridized carbons (Fsp3) is 0.111. The quantitative estimate of drug-likeness (QED) is 0.662. The van der Waals surface area contributed by atoms with Crippen molar-refractivity contribution in [2.24, 2.45) is 0 Å². The van der Waals surface area contributed by atoms with Crippen LogP contribution in [0.4, 0.5) is 18.9 Å². The number of nitriles is 1. The molecule has 2 aromatic rings. The number of aryl methyl sites for hydroxylation is 1. The lowest BCUT2D eigenvalue weighted by Gasteiger charge is -2.13. The molecule has 1 N–H and O–H groups in total. The Bertz CT molecular complexity index is 815. The second kappa shape index (κ2) is 7.01. The van der Waals surface area contributed by atoms with Crippen LogP contribution < -0.4 is 5.32 Å². The summed E-state index contributed by atoms with van der Waals surface area (Å²) < 4.78 is 38.8. The lowest BCUT2D eigenvalue weighted by Crippen LogP contribution is -2.17. The standard InChI is InChI=1S/C18H13F3N2O/c1-12-6-8-13(9-7-12)10-14(11-22)17(24)23-16-5-3-2-4-15(16)18(19,20)21/h2-10H,1H3,(H,23,24)/b14-10+. The van der Waals surface area contributed by atoms with Crippen molar-refractivity contribution in [1.82, 2.24) is 0 Å². The number of benzene rings is 2. The average Bonchev–Trinajstić information content (AvgIpc) is 2.53. The second-order valence-corrected chi connectivity index (χ2v) is 5.08. The Morgan fingerprint density at radius 1 is 1.12 bits per heavy atom. The van der Waals surface area contributed by atoms with Gasteiger partial charge in [-0.1, -0.05) is 42.0 Å². The molecule has 0 aliphatic rings. The molecule has 0 atom stereocenters. The summed E-state index contributed by atoms with van der Waals surface area (Å²) in [6.07, 6.45) is -3.28. The summed E-state index contributed by atoms with van der Waals surface area (Å²) in [5.41, 5.74) is -0.0208. The zero-order chi connectivity index (χ0) is 17.7. The van der Waals surface area contributed by atoms with Crippen LogP contribution in [0, 0.1) is 18.3 Å². The number of nitrogens with zero attached hydrogens (tertiary/aromatic N) is 1. The first-order valence-electron chi connectivity index (χ1n) is 6.97. The Morgan fingerprint density at radius 3 is 2.33 bits per heavy atom. The Kier molecular flexibility index (Phi) is 5.05. The van der Waals surface area contributed by atoms with Gasteiger partial charge in [-0.2, -0.15) is 18.4 Å². The van der Waals surface area contributed by atoms with E-state index < -0.39 is 17.6 Å². The number of nitrogens with one attached hydrogen (secondary N) is 1. The molecule has 0 bridgehead atoms. The Labute approximate surface area is 137 Å². The molecule has 24 heavy (non-hydrogen) atoms. The van der Waals surface area contributed by atoms with Crippen LogP contribution in [0.15, 0.2) is 54.1 Å². The first kappa shape index (κ1) is 17.3. The number of anilines is 1. The number of para-hydroxylation sites is 1. The molecule has 3 nitrogen and oxygen atoms in total. The number of amides is 1. The maximum absolute atomic E-state index is 12.9. The van der Waals surface area contributed by atoms with Crippen molar-refractivity contribution in [1.29, 1.82) is 5.26 Å². The van der Waals surface area contributed by atoms with E-state index in [9.17, 15) is 18.0 Å². The van der Waals surface area contributed by atoms with Gasteiger partial charge in [0.05, 0.1) is 11.3 Å². The molecule has 0 aromatic heterocycles. The minimum Gasteiger partial charge on any atom is -0.321 e. The number of rotatable bonds is 3. The lowest BCUT2D eigenvalue weighted by molar-refractivity contribution is -0.136. The summed E-state index contributed by atoms with van der Waals surface area (Å²) >= 11 is 0. The van der Waals surface area contributed by atoms with Crippen LogP contribution >= 0.6 is 0 Å². The zero-order valence-corrected chi connectivity index (χ0v) is 12.7. The molecule has 0 aliphatic heterocycles. The summed E-state index contributed by atoms with van der Waals surface area (Å²) in [4.78, 5) is 12.1. The van der Waals surface area contributed by atoms with E-state index in [4.69, 9.17) is 5.26 Å². The van der Waals surface area contributed by atoms with E-state index in [1.54, 1.807) is 30.3 Å². The highest BCUT2D eigenvalue weighted by Gasteiger charge is 2.33.